The average molecular weight is 645 g/mol. The fourth-order valence-electron chi connectivity index (χ4n) is 6.06. The lowest BCUT2D eigenvalue weighted by Crippen LogP contribution is -2.48. The molecular weight excluding hydrogens is 608 g/mol. The smallest absolute Gasteiger partial charge is 0.412 e. The molecule has 234 valence electrons. The molecule has 1 fully saturated rings. The van der Waals surface area contributed by atoms with Gasteiger partial charge in [0.05, 0.1) is 35.9 Å². The zero-order valence-corrected chi connectivity index (χ0v) is 26.5. The highest BCUT2D eigenvalue weighted by molar-refractivity contribution is 6.42. The molecule has 3 aromatic rings. The summed E-state index contributed by atoms with van der Waals surface area (Å²) in [5, 5.41) is 3.50. The number of carbonyl (C=O) groups is 2. The van der Waals surface area contributed by atoms with Crippen LogP contribution in [0.1, 0.15) is 41.9 Å². The number of piperidine rings is 1. The van der Waals surface area contributed by atoms with Crippen LogP contribution >= 0.6 is 23.2 Å². The lowest BCUT2D eigenvalue weighted by molar-refractivity contribution is -0.131. The third-order valence-electron chi connectivity index (χ3n) is 8.60. The predicted molar refractivity (Wildman–Crippen MR) is 169 cm³/mol. The zero-order valence-electron chi connectivity index (χ0n) is 25.0. The van der Waals surface area contributed by atoms with Crippen molar-refractivity contribution in [1.82, 2.24) is 9.80 Å². The highest BCUT2D eigenvalue weighted by Crippen LogP contribution is 2.44. The molecule has 11 heteroatoms. The van der Waals surface area contributed by atoms with Crippen LogP contribution < -0.4 is 14.8 Å². The van der Waals surface area contributed by atoms with E-state index >= 15 is 0 Å². The van der Waals surface area contributed by atoms with Crippen molar-refractivity contribution < 1.29 is 28.2 Å². The normalized spacial score (nSPS) is 16.5. The number of halogens is 3. The Bertz CT molecular complexity index is 1530. The standard InChI is InChI=1S/C33H36Cl2FN3O5/c1-38(14-10-21-4-9-29(42-2)30(18-21)43-3)31(40)24(22-5-7-26(34)27(35)19-22)11-15-39-16-12-33(13-17-39)25-20-23(36)6-8-28(25)37-32(41)44-33/h4-9,18-20,24H,10-17H2,1-3H3,(H,37,41). The second-order valence-electron chi connectivity index (χ2n) is 11.3. The van der Waals surface area contributed by atoms with E-state index in [9.17, 15) is 14.0 Å². The number of nitrogens with zero attached hydrogens (tertiary/aromatic N) is 2. The van der Waals surface area contributed by atoms with Crippen LogP contribution in [0.5, 0.6) is 11.5 Å². The van der Waals surface area contributed by atoms with Gasteiger partial charge in [0.15, 0.2) is 11.5 Å². The van der Waals surface area contributed by atoms with Gasteiger partial charge in [-0.2, -0.15) is 0 Å². The summed E-state index contributed by atoms with van der Waals surface area (Å²) in [4.78, 5) is 30.2. The molecule has 5 rings (SSSR count). The van der Waals surface area contributed by atoms with Gasteiger partial charge in [-0.3, -0.25) is 10.1 Å². The van der Waals surface area contributed by atoms with Crippen LogP contribution in [0, 0.1) is 5.82 Å². The summed E-state index contributed by atoms with van der Waals surface area (Å²) < 4.78 is 30.7. The molecule has 2 heterocycles. The van der Waals surface area contributed by atoms with Gasteiger partial charge in [0.1, 0.15) is 11.4 Å². The summed E-state index contributed by atoms with van der Waals surface area (Å²) in [6.45, 7) is 2.40. The molecule has 0 saturated carbocycles. The van der Waals surface area contributed by atoms with Gasteiger partial charge in [0.25, 0.3) is 0 Å². The molecule has 0 aliphatic carbocycles. The molecular formula is C33H36Cl2FN3O5. The number of hydrogen-bond acceptors (Lipinski definition) is 6. The Morgan fingerprint density at radius 3 is 2.50 bits per heavy atom. The summed E-state index contributed by atoms with van der Waals surface area (Å²) >= 11 is 12.6. The highest BCUT2D eigenvalue weighted by Gasteiger charge is 2.44. The van der Waals surface area contributed by atoms with Gasteiger partial charge in [0, 0.05) is 45.1 Å². The van der Waals surface area contributed by atoms with E-state index in [4.69, 9.17) is 37.4 Å². The van der Waals surface area contributed by atoms with Crippen molar-refractivity contribution in [2.45, 2.75) is 37.2 Å². The maximum atomic E-state index is 14.1. The first-order valence-electron chi connectivity index (χ1n) is 14.6. The minimum Gasteiger partial charge on any atom is -0.493 e. The van der Waals surface area contributed by atoms with Crippen LogP contribution in [-0.2, 0) is 21.6 Å². The van der Waals surface area contributed by atoms with Gasteiger partial charge >= 0.3 is 6.09 Å². The van der Waals surface area contributed by atoms with E-state index in [1.165, 1.54) is 12.1 Å². The van der Waals surface area contributed by atoms with Crippen molar-refractivity contribution in [3.05, 3.63) is 87.2 Å². The Balaban J connectivity index is 1.26. The lowest BCUT2D eigenvalue weighted by atomic mass is 9.82. The number of rotatable bonds is 10. The molecule has 2 aliphatic heterocycles. The number of nitrogens with one attached hydrogen (secondary N) is 1. The second-order valence-corrected chi connectivity index (χ2v) is 12.1. The van der Waals surface area contributed by atoms with Crippen LogP contribution in [-0.4, -0.2) is 69.2 Å². The lowest BCUT2D eigenvalue weighted by Gasteiger charge is -2.44. The van der Waals surface area contributed by atoms with Gasteiger partial charge in [-0.15, -0.1) is 0 Å². The van der Waals surface area contributed by atoms with E-state index in [1.54, 1.807) is 44.4 Å². The van der Waals surface area contributed by atoms with Gasteiger partial charge in [-0.25, -0.2) is 9.18 Å². The number of likely N-dealkylation sites (N-methyl/N-ethyl adjacent to an activating group) is 1. The van der Waals surface area contributed by atoms with E-state index in [0.717, 1.165) is 11.1 Å². The van der Waals surface area contributed by atoms with Crippen LogP contribution in [0.3, 0.4) is 0 Å². The topological polar surface area (TPSA) is 80.3 Å². The molecule has 2 aliphatic rings. The van der Waals surface area contributed by atoms with Gasteiger partial charge in [0.2, 0.25) is 5.91 Å². The number of carbonyl (C=O) groups excluding carboxylic acids is 2. The quantitative estimate of drug-likeness (QED) is 0.259. The first kappa shape index (κ1) is 31.9. The predicted octanol–water partition coefficient (Wildman–Crippen LogP) is 6.88. The van der Waals surface area contributed by atoms with Gasteiger partial charge < -0.3 is 24.0 Å². The molecule has 1 unspecified atom stereocenters. The molecule has 8 nitrogen and oxygen atoms in total. The van der Waals surface area contributed by atoms with E-state index in [0.29, 0.717) is 84.7 Å². The Morgan fingerprint density at radius 2 is 1.80 bits per heavy atom. The van der Waals surface area contributed by atoms with Gasteiger partial charge in [-0.05, 0) is 73.0 Å². The van der Waals surface area contributed by atoms with Crippen molar-refractivity contribution in [2.75, 3.05) is 52.8 Å². The molecule has 44 heavy (non-hydrogen) atoms. The Labute approximate surface area is 267 Å². The minimum atomic E-state index is -0.875. The number of ether oxygens (including phenoxy) is 3. The summed E-state index contributed by atoms with van der Waals surface area (Å²) in [5.41, 5.74) is 2.19. The van der Waals surface area contributed by atoms with Crippen LogP contribution in [0.4, 0.5) is 14.9 Å². The van der Waals surface area contributed by atoms with Crippen molar-refractivity contribution in [3.8, 4) is 11.5 Å². The summed E-state index contributed by atoms with van der Waals surface area (Å²) in [5.74, 6) is 0.461. The van der Waals surface area contributed by atoms with Crippen LogP contribution in [0.15, 0.2) is 54.6 Å². The van der Waals surface area contributed by atoms with Crippen LogP contribution in [0.2, 0.25) is 10.0 Å². The molecule has 3 aromatic carbocycles. The zero-order chi connectivity index (χ0) is 31.4. The number of fused-ring (bicyclic) bond motifs is 2. The summed E-state index contributed by atoms with van der Waals surface area (Å²) in [7, 11) is 5.00. The maximum absolute atomic E-state index is 14.1. The molecule has 1 saturated heterocycles. The van der Waals surface area contributed by atoms with E-state index < -0.39 is 17.6 Å². The minimum absolute atomic E-state index is 0.0194. The number of benzene rings is 3. The SMILES string of the molecule is COc1ccc(CCN(C)C(=O)C(CCN2CCC3(CC2)OC(=O)Nc2ccc(F)cc23)c2ccc(Cl)c(Cl)c2)cc1OC. The number of methoxy groups -OCH3 is 2. The monoisotopic (exact) mass is 643 g/mol. The number of anilines is 1. The number of amides is 2. The first-order valence-corrected chi connectivity index (χ1v) is 15.3. The molecule has 0 bridgehead atoms. The van der Waals surface area contributed by atoms with Gasteiger partial charge in [-0.1, -0.05) is 35.3 Å². The second kappa shape index (κ2) is 13.6. The Morgan fingerprint density at radius 1 is 1.05 bits per heavy atom. The highest BCUT2D eigenvalue weighted by atomic mass is 35.5. The molecule has 1 N–H and O–H groups in total. The Kier molecular flexibility index (Phi) is 9.87. The maximum Gasteiger partial charge on any atom is 0.412 e. The van der Waals surface area contributed by atoms with E-state index in [1.807, 2.05) is 24.3 Å². The van der Waals surface area contributed by atoms with Crippen molar-refractivity contribution >= 4 is 40.9 Å². The number of likely N-dealkylation sites (tertiary alicyclic amines) is 1. The largest absolute Gasteiger partial charge is 0.493 e. The van der Waals surface area contributed by atoms with Crippen molar-refractivity contribution in [1.29, 1.82) is 0 Å². The molecule has 1 atom stereocenters. The molecule has 0 radical (unpaired) electrons. The molecule has 0 aromatic heterocycles. The van der Waals surface area contributed by atoms with E-state index in [2.05, 4.69) is 10.2 Å². The van der Waals surface area contributed by atoms with Crippen molar-refractivity contribution in [3.63, 3.8) is 0 Å². The fourth-order valence-corrected chi connectivity index (χ4v) is 6.37. The van der Waals surface area contributed by atoms with Crippen LogP contribution in [0.25, 0.3) is 0 Å². The van der Waals surface area contributed by atoms with Crippen molar-refractivity contribution in [2.24, 2.45) is 0 Å². The number of hydrogen-bond donors (Lipinski definition) is 1. The summed E-state index contributed by atoms with van der Waals surface area (Å²) in [6, 6.07) is 15.4. The fraction of sp³-hybridized carbons (Fsp3) is 0.394. The first-order chi connectivity index (χ1) is 21.1. The molecule has 2 amide bonds. The average Bonchev–Trinajstić information content (AvgIpc) is 3.02. The Hall–Kier alpha value is -3.53. The third-order valence-corrected chi connectivity index (χ3v) is 9.34. The van der Waals surface area contributed by atoms with E-state index in [-0.39, 0.29) is 11.7 Å². The third kappa shape index (κ3) is 6.90. The molecule has 1 spiro atoms. The summed E-state index contributed by atoms with van der Waals surface area (Å²) in [6.07, 6.45) is 1.71.